The second kappa shape index (κ2) is 5.45. The molecule has 0 saturated heterocycles. The summed E-state index contributed by atoms with van der Waals surface area (Å²) >= 11 is 0. The average molecular weight is 331 g/mol. The highest BCUT2D eigenvalue weighted by Gasteiger charge is 2.63. The normalized spacial score (nSPS) is 53.6. The van der Waals surface area contributed by atoms with Gasteiger partial charge < -0.3 is 10.2 Å². The molecule has 7 atom stereocenters. The Bertz CT molecular complexity index is 566. The molecule has 2 nitrogen and oxygen atoms in total. The van der Waals surface area contributed by atoms with E-state index in [1.54, 1.807) is 0 Å². The Hall–Kier alpha value is -0.600. The molecule has 134 valence electrons. The van der Waals surface area contributed by atoms with E-state index in [1.807, 2.05) is 6.08 Å². The van der Waals surface area contributed by atoms with Crippen molar-refractivity contribution in [3.8, 4) is 0 Å². The van der Waals surface area contributed by atoms with Gasteiger partial charge in [0.15, 0.2) is 0 Å². The van der Waals surface area contributed by atoms with Crippen LogP contribution in [0.25, 0.3) is 0 Å². The Morgan fingerprint density at radius 3 is 2.67 bits per heavy atom. The second-order valence-corrected chi connectivity index (χ2v) is 9.68. The van der Waals surface area contributed by atoms with Crippen LogP contribution in [0.4, 0.5) is 0 Å². The first-order valence-corrected chi connectivity index (χ1v) is 10.0. The van der Waals surface area contributed by atoms with Crippen molar-refractivity contribution in [1.29, 1.82) is 0 Å². The van der Waals surface area contributed by atoms with E-state index in [-0.39, 0.29) is 11.5 Å². The molecule has 3 saturated carbocycles. The van der Waals surface area contributed by atoms with E-state index in [9.17, 15) is 10.2 Å². The van der Waals surface area contributed by atoms with Crippen LogP contribution in [0.5, 0.6) is 0 Å². The highest BCUT2D eigenvalue weighted by molar-refractivity contribution is 5.26. The van der Waals surface area contributed by atoms with Crippen LogP contribution in [0.15, 0.2) is 24.3 Å². The summed E-state index contributed by atoms with van der Waals surface area (Å²) in [6.07, 6.45) is 13.6. The standard InChI is InChI=1S/C22H34O2/c1-4-10-22(24)13-9-19-17-6-5-15-14-16(23)7-11-20(15,2)18(17)8-12-21(19,22)3/h4-5,16-19,23-24H,1,6-14H2,2-3H3/t16-,17-,18+,19+,20+,21+,22+/m1/s1. The molecule has 0 spiro atoms. The lowest BCUT2D eigenvalue weighted by Crippen LogP contribution is -2.54. The summed E-state index contributed by atoms with van der Waals surface area (Å²) in [5.74, 6) is 2.10. The first-order chi connectivity index (χ1) is 11.3. The monoisotopic (exact) mass is 330 g/mol. The Morgan fingerprint density at radius 2 is 1.92 bits per heavy atom. The van der Waals surface area contributed by atoms with Crippen LogP contribution in [0.1, 0.15) is 71.6 Å². The van der Waals surface area contributed by atoms with Crippen LogP contribution < -0.4 is 0 Å². The summed E-state index contributed by atoms with van der Waals surface area (Å²) in [6.45, 7) is 8.72. The minimum absolute atomic E-state index is 0.0538. The summed E-state index contributed by atoms with van der Waals surface area (Å²) < 4.78 is 0. The van der Waals surface area contributed by atoms with E-state index in [0.29, 0.717) is 17.3 Å². The molecule has 2 N–H and O–H groups in total. The van der Waals surface area contributed by atoms with Gasteiger partial charge in [-0.25, -0.2) is 0 Å². The van der Waals surface area contributed by atoms with Crippen LogP contribution in [0.2, 0.25) is 0 Å². The van der Waals surface area contributed by atoms with Crippen molar-refractivity contribution in [3.05, 3.63) is 24.3 Å². The van der Waals surface area contributed by atoms with Crippen LogP contribution in [0, 0.1) is 28.6 Å². The Morgan fingerprint density at radius 1 is 1.17 bits per heavy atom. The maximum atomic E-state index is 11.3. The van der Waals surface area contributed by atoms with E-state index in [4.69, 9.17) is 0 Å². The molecule has 0 aromatic rings. The molecular formula is C22H34O2. The van der Waals surface area contributed by atoms with Crippen molar-refractivity contribution in [1.82, 2.24) is 0 Å². The van der Waals surface area contributed by atoms with Gasteiger partial charge in [-0.2, -0.15) is 0 Å². The first-order valence-electron chi connectivity index (χ1n) is 10.0. The lowest BCUT2D eigenvalue weighted by Gasteiger charge is -2.59. The molecule has 0 heterocycles. The number of hydrogen-bond acceptors (Lipinski definition) is 2. The van der Waals surface area contributed by atoms with Gasteiger partial charge in [-0.05, 0) is 86.4 Å². The lowest BCUT2D eigenvalue weighted by molar-refractivity contribution is -0.122. The Balaban J connectivity index is 1.66. The smallest absolute Gasteiger partial charge is 0.0738 e. The SMILES string of the molecule is C=CC[C@]1(O)CC[C@H]2[C@@H]3CC=C4C[C@H](O)CC[C@]4(C)[C@H]3CC[C@@]21C. The van der Waals surface area contributed by atoms with Crippen LogP contribution >= 0.6 is 0 Å². The maximum Gasteiger partial charge on any atom is 0.0738 e. The van der Waals surface area contributed by atoms with E-state index in [2.05, 4.69) is 26.5 Å². The van der Waals surface area contributed by atoms with E-state index in [0.717, 1.165) is 50.9 Å². The van der Waals surface area contributed by atoms with Gasteiger partial charge in [0.1, 0.15) is 0 Å². The number of aliphatic hydroxyl groups is 2. The summed E-state index contributed by atoms with van der Waals surface area (Å²) in [7, 11) is 0. The van der Waals surface area contributed by atoms with Crippen molar-refractivity contribution in [2.75, 3.05) is 0 Å². The van der Waals surface area contributed by atoms with E-state index < -0.39 is 5.60 Å². The van der Waals surface area contributed by atoms with Gasteiger partial charge in [0.25, 0.3) is 0 Å². The van der Waals surface area contributed by atoms with Crippen molar-refractivity contribution < 1.29 is 10.2 Å². The fourth-order valence-electron chi connectivity index (χ4n) is 7.33. The fourth-order valence-corrected chi connectivity index (χ4v) is 7.33. The van der Waals surface area contributed by atoms with Gasteiger partial charge in [0, 0.05) is 0 Å². The predicted molar refractivity (Wildman–Crippen MR) is 97.5 cm³/mol. The Kier molecular flexibility index (Phi) is 3.82. The largest absolute Gasteiger partial charge is 0.393 e. The maximum absolute atomic E-state index is 11.3. The molecule has 0 amide bonds. The molecule has 4 aliphatic rings. The lowest BCUT2D eigenvalue weighted by atomic mass is 9.47. The van der Waals surface area contributed by atoms with Crippen molar-refractivity contribution >= 4 is 0 Å². The molecule has 0 radical (unpaired) electrons. The minimum Gasteiger partial charge on any atom is -0.393 e. The number of rotatable bonds is 2. The molecule has 0 aromatic carbocycles. The summed E-state index contributed by atoms with van der Waals surface area (Å²) in [5.41, 5.74) is 1.34. The molecule has 4 rings (SSSR count). The molecule has 0 bridgehead atoms. The highest BCUT2D eigenvalue weighted by Crippen LogP contribution is 2.67. The summed E-state index contributed by atoms with van der Waals surface area (Å²) in [6, 6.07) is 0. The van der Waals surface area contributed by atoms with Crippen molar-refractivity contribution in [2.45, 2.75) is 83.3 Å². The van der Waals surface area contributed by atoms with Crippen molar-refractivity contribution in [3.63, 3.8) is 0 Å². The first kappa shape index (κ1) is 16.8. The van der Waals surface area contributed by atoms with Gasteiger partial charge >= 0.3 is 0 Å². The predicted octanol–water partition coefficient (Wildman–Crippen LogP) is 4.62. The van der Waals surface area contributed by atoms with Gasteiger partial charge in [-0.1, -0.05) is 31.6 Å². The van der Waals surface area contributed by atoms with E-state index in [1.165, 1.54) is 18.4 Å². The molecule has 3 fully saturated rings. The Labute approximate surface area is 147 Å². The zero-order chi connectivity index (χ0) is 17.2. The number of fused-ring (bicyclic) bond motifs is 5. The number of aliphatic hydroxyl groups excluding tert-OH is 1. The van der Waals surface area contributed by atoms with Crippen LogP contribution in [0.3, 0.4) is 0 Å². The molecule has 0 unspecified atom stereocenters. The molecule has 0 aliphatic heterocycles. The van der Waals surface area contributed by atoms with Gasteiger partial charge in [-0.3, -0.25) is 0 Å². The number of allylic oxidation sites excluding steroid dienone is 1. The minimum atomic E-state index is -0.544. The van der Waals surface area contributed by atoms with Crippen LogP contribution in [-0.4, -0.2) is 21.9 Å². The third-order valence-electron chi connectivity index (χ3n) is 8.88. The molecule has 0 aromatic heterocycles. The summed E-state index contributed by atoms with van der Waals surface area (Å²) in [5, 5.41) is 21.4. The third kappa shape index (κ3) is 2.08. The fraction of sp³-hybridized carbons (Fsp3) is 0.818. The molecule has 4 aliphatic carbocycles. The topological polar surface area (TPSA) is 40.5 Å². The van der Waals surface area contributed by atoms with Crippen LogP contribution in [-0.2, 0) is 0 Å². The summed E-state index contributed by atoms with van der Waals surface area (Å²) in [4.78, 5) is 0. The second-order valence-electron chi connectivity index (χ2n) is 9.68. The van der Waals surface area contributed by atoms with Gasteiger partial charge in [0.2, 0.25) is 0 Å². The molecule has 24 heavy (non-hydrogen) atoms. The van der Waals surface area contributed by atoms with Gasteiger partial charge in [0.05, 0.1) is 11.7 Å². The van der Waals surface area contributed by atoms with Gasteiger partial charge in [-0.15, -0.1) is 6.58 Å². The zero-order valence-electron chi connectivity index (χ0n) is 15.4. The zero-order valence-corrected chi connectivity index (χ0v) is 15.4. The quantitative estimate of drug-likeness (QED) is 0.725. The number of hydrogen-bond donors (Lipinski definition) is 2. The molecule has 2 heteroatoms. The third-order valence-corrected chi connectivity index (χ3v) is 8.88. The average Bonchev–Trinajstić information content (AvgIpc) is 2.80. The van der Waals surface area contributed by atoms with Crippen molar-refractivity contribution in [2.24, 2.45) is 28.6 Å². The molecular weight excluding hydrogens is 296 g/mol. The van der Waals surface area contributed by atoms with E-state index >= 15 is 0 Å². The highest BCUT2D eigenvalue weighted by atomic mass is 16.3.